The highest BCUT2D eigenvalue weighted by molar-refractivity contribution is 6.49. The molecule has 0 aromatic heterocycles. The van der Waals surface area contributed by atoms with Gasteiger partial charge in [-0.1, -0.05) is 0 Å². The molecule has 7 heteroatoms. The van der Waals surface area contributed by atoms with Gasteiger partial charge in [0.05, 0.1) is 0 Å². The van der Waals surface area contributed by atoms with Crippen molar-refractivity contribution in [1.82, 2.24) is 0 Å². The predicted molar refractivity (Wildman–Crippen MR) is 45.2 cm³/mol. The molecule has 1 aromatic rings. The number of nitrogens with zero attached hydrogens (tertiary/aromatic N) is 1. The number of hydrogen-bond acceptors (Lipinski definition) is 1. The molecule has 1 nitrogen and oxygen atoms in total. The van der Waals surface area contributed by atoms with Crippen molar-refractivity contribution in [1.29, 1.82) is 0 Å². The molecule has 1 rings (SSSR count). The highest BCUT2D eigenvalue weighted by Gasteiger charge is 2.25. The largest absolute Gasteiger partial charge is 0.203 e. The zero-order chi connectivity index (χ0) is 11.0. The molecule has 0 unspecified atom stereocenters. The summed E-state index contributed by atoms with van der Waals surface area (Å²) in [6.07, 6.45) is 0. The monoisotopic (exact) mass is 247 g/mol. The minimum absolute atomic E-state index is 0.0731. The summed E-state index contributed by atoms with van der Waals surface area (Å²) in [5, 5.41) is 0. The van der Waals surface area contributed by atoms with E-state index in [0.29, 0.717) is 0 Å². The molecule has 78 valence electrons. The van der Waals surface area contributed by atoms with Crippen molar-refractivity contribution in [2.45, 2.75) is 6.92 Å². The third kappa shape index (κ3) is 1.62. The summed E-state index contributed by atoms with van der Waals surface area (Å²) in [7, 11) is 0. The molecule has 0 amide bonds. The second-order valence-electron chi connectivity index (χ2n) is 2.46. The number of benzene rings is 1. The van der Waals surface area contributed by atoms with Crippen LogP contribution in [0.1, 0.15) is 5.56 Å². The van der Waals surface area contributed by atoms with Gasteiger partial charge in [-0.05, 0) is 6.92 Å². The minimum Gasteiger partial charge on any atom is -0.203 e. The Hall–Kier alpha value is -0.680. The maximum atomic E-state index is 13.0. The quantitative estimate of drug-likeness (QED) is 0.416. The van der Waals surface area contributed by atoms with E-state index in [4.69, 9.17) is 23.6 Å². The van der Waals surface area contributed by atoms with E-state index < -0.39 is 34.5 Å². The molecular weight excluding hydrogens is 245 g/mol. The molecule has 0 radical (unpaired) electrons. The number of anilines is 1. The fourth-order valence-electron chi connectivity index (χ4n) is 0.878. The standard InChI is InChI=1S/C7H3Cl2F4N/c1-2-3(10)5(12)7(14(8)9)6(13)4(2)11/h1H3. The highest BCUT2D eigenvalue weighted by Crippen LogP contribution is 2.32. The molecule has 0 aliphatic heterocycles. The van der Waals surface area contributed by atoms with Crippen molar-refractivity contribution < 1.29 is 17.6 Å². The van der Waals surface area contributed by atoms with E-state index in [2.05, 4.69) is 0 Å². The van der Waals surface area contributed by atoms with Crippen LogP contribution in [-0.4, -0.2) is 0 Å². The molecule has 0 spiro atoms. The Morgan fingerprint density at radius 3 is 1.50 bits per heavy atom. The van der Waals surface area contributed by atoms with Gasteiger partial charge in [0.15, 0.2) is 23.3 Å². The van der Waals surface area contributed by atoms with Crippen LogP contribution in [0.5, 0.6) is 0 Å². The number of halogens is 6. The fraction of sp³-hybridized carbons (Fsp3) is 0.143. The predicted octanol–water partition coefficient (Wildman–Crippen LogP) is 3.67. The fourth-order valence-corrected chi connectivity index (χ4v) is 1.18. The van der Waals surface area contributed by atoms with Crippen LogP contribution in [0, 0.1) is 30.2 Å². The Morgan fingerprint density at radius 2 is 1.21 bits per heavy atom. The summed E-state index contributed by atoms with van der Waals surface area (Å²) in [5.41, 5.74) is -1.94. The Morgan fingerprint density at radius 1 is 0.857 bits per heavy atom. The molecule has 0 saturated carbocycles. The van der Waals surface area contributed by atoms with Gasteiger partial charge >= 0.3 is 0 Å². The van der Waals surface area contributed by atoms with Crippen LogP contribution < -0.4 is 3.94 Å². The first-order chi connectivity index (χ1) is 6.37. The van der Waals surface area contributed by atoms with Crippen LogP contribution in [-0.2, 0) is 0 Å². The summed E-state index contributed by atoms with van der Waals surface area (Å²) >= 11 is 9.99. The van der Waals surface area contributed by atoms with E-state index in [-0.39, 0.29) is 3.94 Å². The summed E-state index contributed by atoms with van der Waals surface area (Å²) < 4.78 is 51.6. The average Bonchev–Trinajstić information content (AvgIpc) is 2.11. The van der Waals surface area contributed by atoms with Gasteiger partial charge in [0, 0.05) is 29.1 Å². The first-order valence-electron chi connectivity index (χ1n) is 3.32. The lowest BCUT2D eigenvalue weighted by Gasteiger charge is -2.11. The van der Waals surface area contributed by atoms with Crippen molar-refractivity contribution in [2.24, 2.45) is 0 Å². The van der Waals surface area contributed by atoms with Crippen molar-refractivity contribution in [2.75, 3.05) is 3.94 Å². The van der Waals surface area contributed by atoms with E-state index in [9.17, 15) is 17.6 Å². The molecular formula is C7H3Cl2F4N. The lowest BCUT2D eigenvalue weighted by Crippen LogP contribution is -2.07. The maximum Gasteiger partial charge on any atom is 0.188 e. The molecule has 0 aliphatic carbocycles. The molecule has 0 aliphatic rings. The summed E-state index contributed by atoms with van der Waals surface area (Å²) in [4.78, 5) is 0. The van der Waals surface area contributed by atoms with Gasteiger partial charge in [-0.25, -0.2) is 17.6 Å². The SMILES string of the molecule is Cc1c(F)c(F)c(N(Cl)Cl)c(F)c1F. The third-order valence-electron chi connectivity index (χ3n) is 1.63. The zero-order valence-electron chi connectivity index (χ0n) is 6.72. The van der Waals surface area contributed by atoms with Crippen molar-refractivity contribution >= 4 is 29.2 Å². The van der Waals surface area contributed by atoms with Crippen LogP contribution in [0.25, 0.3) is 0 Å². The summed E-state index contributed by atoms with van der Waals surface area (Å²) in [6, 6.07) is 0. The van der Waals surface area contributed by atoms with Gasteiger partial charge in [-0.2, -0.15) is 3.94 Å². The van der Waals surface area contributed by atoms with Gasteiger partial charge in [0.25, 0.3) is 0 Å². The molecule has 0 saturated heterocycles. The van der Waals surface area contributed by atoms with Crippen LogP contribution in [0.2, 0.25) is 0 Å². The molecule has 0 heterocycles. The normalized spacial score (nSPS) is 10.5. The van der Waals surface area contributed by atoms with Gasteiger partial charge in [0.2, 0.25) is 0 Å². The highest BCUT2D eigenvalue weighted by atomic mass is 35.5. The van der Waals surface area contributed by atoms with E-state index in [1.165, 1.54) is 0 Å². The van der Waals surface area contributed by atoms with Crippen molar-refractivity contribution in [3.05, 3.63) is 28.8 Å². The van der Waals surface area contributed by atoms with Crippen LogP contribution in [0.4, 0.5) is 23.2 Å². The van der Waals surface area contributed by atoms with E-state index in [1.54, 1.807) is 0 Å². The molecule has 0 fully saturated rings. The van der Waals surface area contributed by atoms with Gasteiger partial charge < -0.3 is 0 Å². The van der Waals surface area contributed by atoms with E-state index in [0.717, 1.165) is 6.92 Å². The van der Waals surface area contributed by atoms with Gasteiger partial charge in [-0.3, -0.25) is 0 Å². The Balaban J connectivity index is 3.60. The average molecular weight is 248 g/mol. The second-order valence-corrected chi connectivity index (χ2v) is 3.31. The molecule has 0 N–H and O–H groups in total. The van der Waals surface area contributed by atoms with Crippen molar-refractivity contribution in [3.8, 4) is 0 Å². The second kappa shape index (κ2) is 3.82. The van der Waals surface area contributed by atoms with Crippen molar-refractivity contribution in [3.63, 3.8) is 0 Å². The lowest BCUT2D eigenvalue weighted by atomic mass is 10.2. The third-order valence-corrected chi connectivity index (χ3v) is 1.97. The minimum atomic E-state index is -1.63. The summed E-state index contributed by atoms with van der Waals surface area (Å²) in [5.74, 6) is -6.31. The smallest absolute Gasteiger partial charge is 0.188 e. The van der Waals surface area contributed by atoms with Gasteiger partial charge in [0.1, 0.15) is 5.69 Å². The zero-order valence-corrected chi connectivity index (χ0v) is 8.23. The maximum absolute atomic E-state index is 13.0. The van der Waals surface area contributed by atoms with Crippen LogP contribution >= 0.6 is 23.6 Å². The Kier molecular flexibility index (Phi) is 3.11. The van der Waals surface area contributed by atoms with E-state index >= 15 is 0 Å². The van der Waals surface area contributed by atoms with Crippen LogP contribution in [0.3, 0.4) is 0 Å². The Labute approximate surface area is 87.0 Å². The van der Waals surface area contributed by atoms with E-state index in [1.807, 2.05) is 0 Å². The first-order valence-corrected chi connectivity index (χ1v) is 3.99. The molecule has 14 heavy (non-hydrogen) atoms. The molecule has 0 atom stereocenters. The number of rotatable bonds is 1. The topological polar surface area (TPSA) is 3.24 Å². The Bertz CT molecular complexity index is 351. The summed E-state index contributed by atoms with van der Waals surface area (Å²) in [6.45, 7) is 0.896. The molecule has 0 bridgehead atoms. The van der Waals surface area contributed by atoms with Gasteiger partial charge in [-0.15, -0.1) is 0 Å². The lowest BCUT2D eigenvalue weighted by molar-refractivity contribution is 0.449. The molecule has 1 aromatic carbocycles. The number of hydrogen-bond donors (Lipinski definition) is 0. The first kappa shape index (κ1) is 11.4. The van der Waals surface area contributed by atoms with Crippen LogP contribution in [0.15, 0.2) is 0 Å².